The fourth-order valence-corrected chi connectivity index (χ4v) is 6.60. The molecule has 3 heteroatoms. The van der Waals surface area contributed by atoms with E-state index in [-0.39, 0.29) is 0 Å². The van der Waals surface area contributed by atoms with Crippen LogP contribution in [0.25, 0.3) is 66.1 Å². The van der Waals surface area contributed by atoms with Gasteiger partial charge in [-0.05, 0) is 65.2 Å². The fourth-order valence-electron chi connectivity index (χ4n) is 6.60. The highest BCUT2D eigenvalue weighted by Gasteiger charge is 2.20. The number of nitrogens with zero attached hydrogens (tertiary/aromatic N) is 1. The Kier molecular flexibility index (Phi) is 5.82. The van der Waals surface area contributed by atoms with E-state index in [1.165, 1.54) is 11.1 Å². The normalized spacial score (nSPS) is 11.6. The minimum absolute atomic E-state index is 0.839. The molecule has 0 bridgehead atoms. The summed E-state index contributed by atoms with van der Waals surface area (Å²) in [5.74, 6) is 0. The average molecular weight is 578 g/mol. The Balaban J connectivity index is 1.21. The molecule has 45 heavy (non-hydrogen) atoms. The van der Waals surface area contributed by atoms with Crippen LogP contribution in [0.4, 0.5) is 17.1 Å². The number of hydrogen-bond donors (Lipinski definition) is 0. The first-order valence-corrected chi connectivity index (χ1v) is 15.2. The van der Waals surface area contributed by atoms with E-state index in [1.54, 1.807) is 0 Å². The molecule has 0 fully saturated rings. The predicted molar refractivity (Wildman–Crippen MR) is 187 cm³/mol. The van der Waals surface area contributed by atoms with Crippen molar-refractivity contribution < 1.29 is 8.83 Å². The Bertz CT molecular complexity index is 2470. The Hall–Kier alpha value is -6.06. The van der Waals surface area contributed by atoms with Crippen LogP contribution in [-0.2, 0) is 0 Å². The monoisotopic (exact) mass is 577 g/mol. The molecule has 0 saturated carbocycles. The van der Waals surface area contributed by atoms with E-state index in [9.17, 15) is 0 Å². The molecule has 0 amide bonds. The van der Waals surface area contributed by atoms with Gasteiger partial charge in [0.1, 0.15) is 22.3 Å². The van der Waals surface area contributed by atoms with E-state index >= 15 is 0 Å². The third-order valence-corrected chi connectivity index (χ3v) is 8.68. The van der Waals surface area contributed by atoms with E-state index in [4.69, 9.17) is 8.83 Å². The van der Waals surface area contributed by atoms with Crippen molar-refractivity contribution in [2.24, 2.45) is 0 Å². The number of anilines is 3. The molecular formula is C42H27NO2. The van der Waals surface area contributed by atoms with Gasteiger partial charge in [-0.3, -0.25) is 0 Å². The molecule has 0 radical (unpaired) electrons. The predicted octanol–water partition coefficient (Wildman–Crippen LogP) is 12.3. The zero-order chi connectivity index (χ0) is 29.7. The maximum Gasteiger partial charge on any atom is 0.137 e. The topological polar surface area (TPSA) is 29.5 Å². The SMILES string of the molecule is c1ccc(-c2ccc(-c3ccccc3N(c3ccccc3)c3ccc4c(c3)oc3ccc5oc6ccccc6c5c34)cc2)cc1. The molecule has 0 unspecified atom stereocenters. The highest BCUT2D eigenvalue weighted by molar-refractivity contribution is 6.25. The Morgan fingerprint density at radius 2 is 0.933 bits per heavy atom. The quantitative estimate of drug-likeness (QED) is 0.204. The molecule has 0 aliphatic heterocycles. The summed E-state index contributed by atoms with van der Waals surface area (Å²) in [6.45, 7) is 0. The smallest absolute Gasteiger partial charge is 0.137 e. The first-order chi connectivity index (χ1) is 22.3. The molecule has 0 N–H and O–H groups in total. The summed E-state index contributed by atoms with van der Waals surface area (Å²) in [6, 6.07) is 57.2. The molecule has 212 valence electrons. The molecule has 0 spiro atoms. The summed E-state index contributed by atoms with van der Waals surface area (Å²) in [4.78, 5) is 2.32. The van der Waals surface area contributed by atoms with Crippen molar-refractivity contribution in [1.82, 2.24) is 0 Å². The van der Waals surface area contributed by atoms with Crippen LogP contribution in [0.15, 0.2) is 173 Å². The number of rotatable bonds is 5. The van der Waals surface area contributed by atoms with E-state index < -0.39 is 0 Å². The zero-order valence-electron chi connectivity index (χ0n) is 24.4. The molecule has 2 aromatic heterocycles. The van der Waals surface area contributed by atoms with Gasteiger partial charge >= 0.3 is 0 Å². The molecule has 0 aliphatic carbocycles. The minimum Gasteiger partial charge on any atom is -0.456 e. The highest BCUT2D eigenvalue weighted by Crippen LogP contribution is 2.44. The van der Waals surface area contributed by atoms with Gasteiger partial charge in [0.15, 0.2) is 0 Å². The van der Waals surface area contributed by atoms with Gasteiger partial charge in [-0.15, -0.1) is 0 Å². The summed E-state index contributed by atoms with van der Waals surface area (Å²) < 4.78 is 12.7. The van der Waals surface area contributed by atoms with E-state index in [1.807, 2.05) is 24.3 Å². The van der Waals surface area contributed by atoms with E-state index in [2.05, 4.69) is 144 Å². The summed E-state index contributed by atoms with van der Waals surface area (Å²) in [5, 5.41) is 4.36. The van der Waals surface area contributed by atoms with Crippen molar-refractivity contribution in [3.05, 3.63) is 164 Å². The number of para-hydroxylation sites is 3. The summed E-state index contributed by atoms with van der Waals surface area (Å²) in [5.41, 5.74) is 11.4. The fraction of sp³-hybridized carbons (Fsp3) is 0. The number of furan rings is 2. The average Bonchev–Trinajstić information content (AvgIpc) is 3.67. The van der Waals surface area contributed by atoms with Crippen molar-refractivity contribution in [3.8, 4) is 22.3 Å². The first kappa shape index (κ1) is 25.4. The highest BCUT2D eigenvalue weighted by atomic mass is 16.3. The molecule has 9 aromatic rings. The van der Waals surface area contributed by atoms with Crippen molar-refractivity contribution in [3.63, 3.8) is 0 Å². The number of hydrogen-bond acceptors (Lipinski definition) is 3. The lowest BCUT2D eigenvalue weighted by atomic mass is 9.98. The number of benzene rings is 7. The van der Waals surface area contributed by atoms with Gasteiger partial charge in [0.25, 0.3) is 0 Å². The summed E-state index contributed by atoms with van der Waals surface area (Å²) in [6.07, 6.45) is 0. The van der Waals surface area contributed by atoms with Crippen LogP contribution in [-0.4, -0.2) is 0 Å². The van der Waals surface area contributed by atoms with Crippen molar-refractivity contribution >= 4 is 60.9 Å². The van der Waals surface area contributed by atoms with Gasteiger partial charge in [-0.2, -0.15) is 0 Å². The standard InChI is InChI=1S/C42H27NO2/c1-3-11-28(12-4-1)29-19-21-30(22-20-29)33-15-7-9-17-36(33)43(31-13-5-2-6-14-31)32-23-24-35-40(27-32)45-39-26-25-38-41(42(35)39)34-16-8-10-18-37(34)44-38/h1-27H. The summed E-state index contributed by atoms with van der Waals surface area (Å²) in [7, 11) is 0. The lowest BCUT2D eigenvalue weighted by Gasteiger charge is -2.27. The Morgan fingerprint density at radius 1 is 0.356 bits per heavy atom. The molecule has 2 heterocycles. The second-order valence-corrected chi connectivity index (χ2v) is 11.3. The first-order valence-electron chi connectivity index (χ1n) is 15.2. The molecule has 0 aliphatic rings. The largest absolute Gasteiger partial charge is 0.456 e. The molecule has 9 rings (SSSR count). The van der Waals surface area contributed by atoms with E-state index in [0.29, 0.717) is 0 Å². The van der Waals surface area contributed by atoms with Gasteiger partial charge in [0.05, 0.1) is 5.69 Å². The van der Waals surface area contributed by atoms with Crippen LogP contribution < -0.4 is 4.90 Å². The van der Waals surface area contributed by atoms with E-state index in [0.717, 1.165) is 72.1 Å². The second-order valence-electron chi connectivity index (χ2n) is 11.3. The second kappa shape index (κ2) is 10.3. The molecule has 7 aromatic carbocycles. The summed E-state index contributed by atoms with van der Waals surface area (Å²) >= 11 is 0. The third kappa shape index (κ3) is 4.21. The van der Waals surface area contributed by atoms with Crippen molar-refractivity contribution in [2.75, 3.05) is 4.90 Å². The lowest BCUT2D eigenvalue weighted by Crippen LogP contribution is -2.11. The van der Waals surface area contributed by atoms with Crippen molar-refractivity contribution in [1.29, 1.82) is 0 Å². The zero-order valence-corrected chi connectivity index (χ0v) is 24.4. The number of fused-ring (bicyclic) bond motifs is 7. The Morgan fingerprint density at radius 3 is 1.71 bits per heavy atom. The van der Waals surface area contributed by atoms with Gasteiger partial charge in [-0.1, -0.05) is 109 Å². The van der Waals surface area contributed by atoms with Crippen LogP contribution >= 0.6 is 0 Å². The molecule has 0 atom stereocenters. The molecule has 3 nitrogen and oxygen atoms in total. The maximum atomic E-state index is 6.54. The lowest BCUT2D eigenvalue weighted by molar-refractivity contribution is 0.663. The van der Waals surface area contributed by atoms with Crippen molar-refractivity contribution in [2.45, 2.75) is 0 Å². The van der Waals surface area contributed by atoms with Crippen LogP contribution in [0, 0.1) is 0 Å². The third-order valence-electron chi connectivity index (χ3n) is 8.68. The van der Waals surface area contributed by atoms with Gasteiger partial charge in [-0.25, -0.2) is 0 Å². The van der Waals surface area contributed by atoms with Gasteiger partial charge in [0, 0.05) is 44.5 Å². The molecular weight excluding hydrogens is 550 g/mol. The maximum absolute atomic E-state index is 6.54. The van der Waals surface area contributed by atoms with Crippen LogP contribution in [0.5, 0.6) is 0 Å². The van der Waals surface area contributed by atoms with Crippen LogP contribution in [0.2, 0.25) is 0 Å². The van der Waals surface area contributed by atoms with Crippen LogP contribution in [0.3, 0.4) is 0 Å². The Labute approximate surface area is 260 Å². The van der Waals surface area contributed by atoms with Crippen LogP contribution in [0.1, 0.15) is 0 Å². The van der Waals surface area contributed by atoms with Gasteiger partial charge in [0.2, 0.25) is 0 Å². The van der Waals surface area contributed by atoms with Gasteiger partial charge < -0.3 is 13.7 Å². The minimum atomic E-state index is 0.839. The molecule has 0 saturated heterocycles.